The van der Waals surface area contributed by atoms with E-state index in [-0.39, 0.29) is 5.91 Å². The average Bonchev–Trinajstić information content (AvgIpc) is 3.26. The number of carbonyl (C=O) groups is 1. The lowest BCUT2D eigenvalue weighted by Crippen LogP contribution is -2.46. The van der Waals surface area contributed by atoms with Crippen LogP contribution in [0.5, 0.6) is 0 Å². The highest BCUT2D eigenvalue weighted by Crippen LogP contribution is 2.20. The number of aromatic nitrogens is 2. The number of hydrogen-bond donors (Lipinski definition) is 1. The molecular weight excluding hydrogens is 426 g/mol. The number of nitrogens with one attached hydrogen (secondary N) is 1. The van der Waals surface area contributed by atoms with Crippen molar-refractivity contribution in [1.29, 1.82) is 0 Å². The Labute approximate surface area is 193 Å². The molecule has 1 amide bonds. The molecule has 2 heterocycles. The van der Waals surface area contributed by atoms with Crippen LogP contribution in [0.4, 0.5) is 0 Å². The maximum absolute atomic E-state index is 12.2. The van der Waals surface area contributed by atoms with E-state index in [1.54, 1.807) is 0 Å². The van der Waals surface area contributed by atoms with Crippen LogP contribution in [0.25, 0.3) is 11.4 Å². The first-order valence-electron chi connectivity index (χ1n) is 10.9. The molecule has 1 saturated heterocycles. The van der Waals surface area contributed by atoms with E-state index in [1.807, 2.05) is 55.5 Å². The third-order valence-electron chi connectivity index (χ3n) is 5.77. The number of piperazine rings is 1. The SMILES string of the molecule is Cc1ccccc1-c1noc(CN2CCN(CCC(=O)NCc3ccccc3Cl)CC2)n1. The summed E-state index contributed by atoms with van der Waals surface area (Å²) in [6, 6.07) is 15.6. The predicted octanol–water partition coefficient (Wildman–Crippen LogP) is 3.52. The zero-order chi connectivity index (χ0) is 22.3. The Bertz CT molecular complexity index is 1050. The number of carbonyl (C=O) groups excluding carboxylic acids is 1. The van der Waals surface area contributed by atoms with E-state index < -0.39 is 0 Å². The highest BCUT2D eigenvalue weighted by molar-refractivity contribution is 6.31. The lowest BCUT2D eigenvalue weighted by Gasteiger charge is -2.33. The summed E-state index contributed by atoms with van der Waals surface area (Å²) in [5.74, 6) is 1.32. The van der Waals surface area contributed by atoms with Crippen molar-refractivity contribution in [3.05, 3.63) is 70.6 Å². The van der Waals surface area contributed by atoms with E-state index in [1.165, 1.54) is 0 Å². The second kappa shape index (κ2) is 10.7. The van der Waals surface area contributed by atoms with E-state index in [4.69, 9.17) is 16.1 Å². The molecule has 0 unspecified atom stereocenters. The average molecular weight is 454 g/mol. The van der Waals surface area contributed by atoms with Gasteiger partial charge in [-0.2, -0.15) is 4.98 Å². The van der Waals surface area contributed by atoms with Gasteiger partial charge < -0.3 is 14.7 Å². The first-order valence-corrected chi connectivity index (χ1v) is 11.3. The summed E-state index contributed by atoms with van der Waals surface area (Å²) < 4.78 is 5.48. The Hall–Kier alpha value is -2.74. The van der Waals surface area contributed by atoms with Gasteiger partial charge in [0.15, 0.2) is 0 Å². The van der Waals surface area contributed by atoms with Gasteiger partial charge >= 0.3 is 0 Å². The summed E-state index contributed by atoms with van der Waals surface area (Å²) in [6.45, 7) is 7.54. The summed E-state index contributed by atoms with van der Waals surface area (Å²) in [5.41, 5.74) is 3.06. The molecule has 32 heavy (non-hydrogen) atoms. The minimum Gasteiger partial charge on any atom is -0.352 e. The third kappa shape index (κ3) is 5.94. The van der Waals surface area contributed by atoms with E-state index in [2.05, 4.69) is 25.3 Å². The molecule has 1 N–H and O–H groups in total. The first kappa shape index (κ1) is 22.5. The summed E-state index contributed by atoms with van der Waals surface area (Å²) in [4.78, 5) is 21.4. The van der Waals surface area contributed by atoms with Gasteiger partial charge in [-0.15, -0.1) is 0 Å². The Morgan fingerprint density at radius 3 is 2.56 bits per heavy atom. The first-order chi connectivity index (χ1) is 15.6. The Morgan fingerprint density at radius 2 is 1.78 bits per heavy atom. The zero-order valence-electron chi connectivity index (χ0n) is 18.3. The number of amides is 1. The zero-order valence-corrected chi connectivity index (χ0v) is 19.0. The van der Waals surface area contributed by atoms with Gasteiger partial charge in [-0.05, 0) is 24.1 Å². The van der Waals surface area contributed by atoms with Crippen molar-refractivity contribution in [3.63, 3.8) is 0 Å². The fraction of sp³-hybridized carbons (Fsp3) is 0.375. The molecule has 0 atom stereocenters. The van der Waals surface area contributed by atoms with Crippen LogP contribution >= 0.6 is 11.6 Å². The van der Waals surface area contributed by atoms with Crippen molar-refractivity contribution in [1.82, 2.24) is 25.3 Å². The number of hydrogen-bond acceptors (Lipinski definition) is 6. The van der Waals surface area contributed by atoms with Crippen LogP contribution in [0.2, 0.25) is 5.02 Å². The Morgan fingerprint density at radius 1 is 1.06 bits per heavy atom. The summed E-state index contributed by atoms with van der Waals surface area (Å²) in [6.07, 6.45) is 0.480. The third-order valence-corrected chi connectivity index (χ3v) is 6.14. The van der Waals surface area contributed by atoms with E-state index >= 15 is 0 Å². The van der Waals surface area contributed by atoms with Crippen molar-refractivity contribution in [2.75, 3.05) is 32.7 Å². The fourth-order valence-corrected chi connectivity index (χ4v) is 4.00. The van der Waals surface area contributed by atoms with E-state index in [9.17, 15) is 4.79 Å². The molecule has 1 aliphatic rings. The monoisotopic (exact) mass is 453 g/mol. The van der Waals surface area contributed by atoms with Crippen LogP contribution in [0.15, 0.2) is 53.1 Å². The molecule has 3 aromatic rings. The largest absolute Gasteiger partial charge is 0.352 e. The molecule has 7 nitrogen and oxygen atoms in total. The highest BCUT2D eigenvalue weighted by Gasteiger charge is 2.20. The van der Waals surface area contributed by atoms with Gasteiger partial charge in [-0.1, -0.05) is 59.2 Å². The van der Waals surface area contributed by atoms with Crippen molar-refractivity contribution in [2.24, 2.45) is 0 Å². The Kier molecular flexibility index (Phi) is 7.52. The molecule has 8 heteroatoms. The molecule has 0 saturated carbocycles. The number of benzene rings is 2. The van der Waals surface area contributed by atoms with Crippen LogP contribution in [-0.2, 0) is 17.9 Å². The minimum atomic E-state index is 0.0435. The predicted molar refractivity (Wildman–Crippen MR) is 124 cm³/mol. The molecule has 1 fully saturated rings. The highest BCUT2D eigenvalue weighted by atomic mass is 35.5. The molecule has 1 aliphatic heterocycles. The van der Waals surface area contributed by atoms with Gasteiger partial charge in [0.2, 0.25) is 17.6 Å². The normalized spacial score (nSPS) is 15.1. The molecule has 2 aromatic carbocycles. The number of aryl methyl sites for hydroxylation is 1. The smallest absolute Gasteiger partial charge is 0.241 e. The molecule has 0 radical (unpaired) electrons. The van der Waals surface area contributed by atoms with Crippen LogP contribution in [0.1, 0.15) is 23.4 Å². The van der Waals surface area contributed by atoms with Gasteiger partial charge in [0.25, 0.3) is 0 Å². The molecule has 4 rings (SSSR count). The lowest BCUT2D eigenvalue weighted by atomic mass is 10.1. The van der Waals surface area contributed by atoms with Gasteiger partial charge in [-0.3, -0.25) is 9.69 Å². The number of nitrogens with zero attached hydrogens (tertiary/aromatic N) is 4. The second-order valence-electron chi connectivity index (χ2n) is 8.06. The summed E-state index contributed by atoms with van der Waals surface area (Å²) in [7, 11) is 0. The number of rotatable bonds is 8. The maximum Gasteiger partial charge on any atom is 0.241 e. The standard InChI is InChI=1S/C24H28ClN5O2/c1-18-6-2-4-8-20(18)24-27-23(32-28-24)17-30-14-12-29(13-15-30)11-10-22(31)26-16-19-7-3-5-9-21(19)25/h2-9H,10-17H2,1H3,(H,26,31). The van der Waals surface area contributed by atoms with Crippen molar-refractivity contribution < 1.29 is 9.32 Å². The maximum atomic E-state index is 12.2. The summed E-state index contributed by atoms with van der Waals surface area (Å²) in [5, 5.41) is 7.77. The van der Waals surface area contributed by atoms with Gasteiger partial charge in [0, 0.05) is 56.3 Å². The van der Waals surface area contributed by atoms with Crippen molar-refractivity contribution in [3.8, 4) is 11.4 Å². The second-order valence-corrected chi connectivity index (χ2v) is 8.47. The van der Waals surface area contributed by atoms with Gasteiger partial charge in [-0.25, -0.2) is 0 Å². The molecule has 0 bridgehead atoms. The van der Waals surface area contributed by atoms with Crippen LogP contribution in [-0.4, -0.2) is 58.6 Å². The van der Waals surface area contributed by atoms with Crippen LogP contribution < -0.4 is 5.32 Å². The Balaban J connectivity index is 1.18. The molecular formula is C24H28ClN5O2. The van der Waals surface area contributed by atoms with Crippen molar-refractivity contribution >= 4 is 17.5 Å². The topological polar surface area (TPSA) is 74.5 Å². The van der Waals surface area contributed by atoms with Crippen LogP contribution in [0.3, 0.4) is 0 Å². The van der Waals surface area contributed by atoms with Gasteiger partial charge in [0.1, 0.15) is 0 Å². The van der Waals surface area contributed by atoms with Crippen LogP contribution in [0, 0.1) is 6.92 Å². The molecule has 0 spiro atoms. The van der Waals surface area contributed by atoms with Crippen molar-refractivity contribution in [2.45, 2.75) is 26.4 Å². The fourth-order valence-electron chi connectivity index (χ4n) is 3.80. The molecule has 168 valence electrons. The van der Waals surface area contributed by atoms with E-state index in [0.717, 1.165) is 49.4 Å². The molecule has 1 aromatic heterocycles. The lowest BCUT2D eigenvalue weighted by molar-refractivity contribution is -0.121. The summed E-state index contributed by atoms with van der Waals surface area (Å²) >= 11 is 6.14. The minimum absolute atomic E-state index is 0.0435. The molecule has 0 aliphatic carbocycles. The quantitative estimate of drug-likeness (QED) is 0.562. The van der Waals surface area contributed by atoms with Gasteiger partial charge in [0.05, 0.1) is 6.54 Å². The van der Waals surface area contributed by atoms with E-state index in [0.29, 0.717) is 36.2 Å². The number of halogens is 1.